The molecule has 3 rings (SSSR count). The van der Waals surface area contributed by atoms with Crippen molar-refractivity contribution >= 4 is 29.1 Å². The third-order valence-electron chi connectivity index (χ3n) is 4.33. The van der Waals surface area contributed by atoms with E-state index in [9.17, 15) is 15.0 Å². The van der Waals surface area contributed by atoms with Crippen molar-refractivity contribution in [1.29, 1.82) is 0 Å². The highest BCUT2D eigenvalue weighted by molar-refractivity contribution is 6.32. The van der Waals surface area contributed by atoms with Gasteiger partial charge in [-0.3, -0.25) is 9.63 Å². The number of aliphatic hydroxyl groups excluding tert-OH is 1. The van der Waals surface area contributed by atoms with Crippen molar-refractivity contribution in [2.75, 3.05) is 33.4 Å². The molecule has 0 saturated carbocycles. The van der Waals surface area contributed by atoms with Crippen LogP contribution in [0.5, 0.6) is 17.2 Å². The van der Waals surface area contributed by atoms with E-state index in [1.807, 2.05) is 0 Å². The molecular formula is C20H22Cl2N2O6. The number of β-amino-alcohol motifs (C(OH)–C–C–N with tert-alkyl or cyclic N) is 1. The van der Waals surface area contributed by atoms with E-state index in [4.69, 9.17) is 37.5 Å². The van der Waals surface area contributed by atoms with Gasteiger partial charge in [0, 0.05) is 18.1 Å². The van der Waals surface area contributed by atoms with Gasteiger partial charge < -0.3 is 25.0 Å². The van der Waals surface area contributed by atoms with E-state index in [2.05, 4.69) is 5.32 Å². The first kappa shape index (κ1) is 22.5. The van der Waals surface area contributed by atoms with Gasteiger partial charge in [-0.15, -0.1) is 0 Å². The first-order chi connectivity index (χ1) is 14.4. The summed E-state index contributed by atoms with van der Waals surface area (Å²) in [6.07, 6.45) is -1.10. The molecule has 0 radical (unpaired) electrons. The monoisotopic (exact) mass is 456 g/mol. The van der Waals surface area contributed by atoms with Crippen molar-refractivity contribution in [3.8, 4) is 17.2 Å². The van der Waals surface area contributed by atoms with Gasteiger partial charge in [0.1, 0.15) is 42.7 Å². The molecule has 1 saturated heterocycles. The molecule has 1 aliphatic heterocycles. The van der Waals surface area contributed by atoms with Crippen molar-refractivity contribution in [2.24, 2.45) is 0 Å². The van der Waals surface area contributed by atoms with Gasteiger partial charge in [-0.2, -0.15) is 5.06 Å². The fourth-order valence-corrected chi connectivity index (χ4v) is 3.16. The Morgan fingerprint density at radius 3 is 2.77 bits per heavy atom. The summed E-state index contributed by atoms with van der Waals surface area (Å²) in [4.78, 5) is 17.5. The molecule has 0 aromatic heterocycles. The van der Waals surface area contributed by atoms with E-state index >= 15 is 0 Å². The van der Waals surface area contributed by atoms with E-state index in [0.717, 1.165) is 0 Å². The second-order valence-corrected chi connectivity index (χ2v) is 7.52. The van der Waals surface area contributed by atoms with Crippen LogP contribution in [0.2, 0.25) is 10.0 Å². The number of amides is 1. The first-order valence-corrected chi connectivity index (χ1v) is 9.97. The second-order valence-electron chi connectivity index (χ2n) is 6.68. The SMILES string of the molecule is CNC(=O)c1cc(Cl)c(O)cc1OC[C@@H](O)CN1C[C@@H](Oc2ccc(Cl)cc2)CO1. The van der Waals surface area contributed by atoms with Crippen molar-refractivity contribution in [1.82, 2.24) is 10.4 Å². The number of nitrogens with one attached hydrogen (secondary N) is 1. The number of carbonyl (C=O) groups excluding carboxylic acids is 1. The Morgan fingerprint density at radius 2 is 2.07 bits per heavy atom. The summed E-state index contributed by atoms with van der Waals surface area (Å²) >= 11 is 11.7. The number of phenolic OH excluding ortho intramolecular Hbond substituents is 1. The fourth-order valence-electron chi connectivity index (χ4n) is 2.87. The Kier molecular flexibility index (Phi) is 7.63. The van der Waals surface area contributed by atoms with Gasteiger partial charge in [-0.05, 0) is 30.3 Å². The quantitative estimate of drug-likeness (QED) is 0.560. The van der Waals surface area contributed by atoms with E-state index in [0.29, 0.717) is 23.9 Å². The van der Waals surface area contributed by atoms with Crippen LogP contribution in [0.15, 0.2) is 36.4 Å². The molecule has 2 aromatic carbocycles. The molecular weight excluding hydrogens is 435 g/mol. The summed E-state index contributed by atoms with van der Waals surface area (Å²) in [6.45, 7) is 0.871. The van der Waals surface area contributed by atoms with Crippen molar-refractivity contribution in [3.05, 3.63) is 52.0 Å². The largest absolute Gasteiger partial charge is 0.506 e. The smallest absolute Gasteiger partial charge is 0.254 e. The van der Waals surface area contributed by atoms with Gasteiger partial charge in [0.2, 0.25) is 0 Å². The van der Waals surface area contributed by atoms with Gasteiger partial charge in [-0.25, -0.2) is 0 Å². The molecule has 162 valence electrons. The summed E-state index contributed by atoms with van der Waals surface area (Å²) in [6, 6.07) is 9.58. The lowest BCUT2D eigenvalue weighted by molar-refractivity contribution is -0.131. The van der Waals surface area contributed by atoms with Crippen LogP contribution in [0.1, 0.15) is 10.4 Å². The van der Waals surface area contributed by atoms with Crippen LogP contribution in [-0.2, 0) is 4.84 Å². The molecule has 0 spiro atoms. The number of carbonyl (C=O) groups is 1. The lowest BCUT2D eigenvalue weighted by Gasteiger charge is -2.20. The predicted octanol–water partition coefficient (Wildman–Crippen LogP) is 2.49. The summed E-state index contributed by atoms with van der Waals surface area (Å²) in [5, 5.41) is 24.8. The zero-order chi connectivity index (χ0) is 21.7. The maximum Gasteiger partial charge on any atom is 0.254 e. The number of aliphatic hydroxyl groups is 1. The van der Waals surface area contributed by atoms with E-state index < -0.39 is 12.0 Å². The molecule has 3 N–H and O–H groups in total. The second kappa shape index (κ2) is 10.2. The number of ether oxygens (including phenoxy) is 2. The summed E-state index contributed by atoms with van der Waals surface area (Å²) in [5.41, 5.74) is 0.154. The topological polar surface area (TPSA) is 100 Å². The number of hydrogen-bond acceptors (Lipinski definition) is 7. The number of benzene rings is 2. The van der Waals surface area contributed by atoms with E-state index in [-0.39, 0.29) is 41.3 Å². The maximum absolute atomic E-state index is 12.0. The minimum Gasteiger partial charge on any atom is -0.506 e. The Labute approximate surface area is 183 Å². The number of halogens is 2. The highest BCUT2D eigenvalue weighted by Gasteiger charge is 2.27. The van der Waals surface area contributed by atoms with Crippen LogP contribution in [-0.4, -0.2) is 66.7 Å². The maximum atomic E-state index is 12.0. The zero-order valence-corrected chi connectivity index (χ0v) is 17.7. The molecule has 1 amide bonds. The van der Waals surface area contributed by atoms with Crippen molar-refractivity contribution in [3.63, 3.8) is 0 Å². The number of hydroxylamine groups is 2. The van der Waals surface area contributed by atoms with Gasteiger partial charge in [0.25, 0.3) is 5.91 Å². The lowest BCUT2D eigenvalue weighted by Crippen LogP contribution is -2.35. The van der Waals surface area contributed by atoms with Crippen LogP contribution >= 0.6 is 23.2 Å². The molecule has 30 heavy (non-hydrogen) atoms. The molecule has 1 heterocycles. The van der Waals surface area contributed by atoms with Crippen molar-refractivity contribution in [2.45, 2.75) is 12.2 Å². The highest BCUT2D eigenvalue weighted by atomic mass is 35.5. The Bertz CT molecular complexity index is 880. The first-order valence-electron chi connectivity index (χ1n) is 9.21. The molecule has 8 nitrogen and oxygen atoms in total. The fraction of sp³-hybridized carbons (Fsp3) is 0.350. The molecule has 2 aromatic rings. The highest BCUT2D eigenvalue weighted by Crippen LogP contribution is 2.32. The normalized spacial score (nSPS) is 17.5. The van der Waals surface area contributed by atoms with Crippen LogP contribution in [0.3, 0.4) is 0 Å². The van der Waals surface area contributed by atoms with Gasteiger partial charge in [0.15, 0.2) is 0 Å². The standard InChI is InChI=1S/C20H22Cl2N2O6/c1-23-20(27)16-6-17(22)18(26)7-19(16)28-10-13(25)8-24-9-15(11-29-24)30-14-4-2-12(21)3-5-14/h2-7,13,15,25-26H,8-11H2,1H3,(H,23,27)/t13-,15+/m0/s1. The minimum atomic E-state index is -0.908. The van der Waals surface area contributed by atoms with Crippen LogP contribution < -0.4 is 14.8 Å². The number of phenols is 1. The molecule has 0 aliphatic carbocycles. The Hall–Kier alpha value is -2.23. The van der Waals surface area contributed by atoms with Crippen molar-refractivity contribution < 1.29 is 29.3 Å². The summed E-state index contributed by atoms with van der Waals surface area (Å²) in [5.74, 6) is 0.148. The number of rotatable bonds is 8. The van der Waals surface area contributed by atoms with Gasteiger partial charge >= 0.3 is 0 Å². The molecule has 2 atom stereocenters. The number of hydrogen-bond donors (Lipinski definition) is 3. The molecule has 10 heteroatoms. The third kappa shape index (κ3) is 5.90. The number of aromatic hydroxyl groups is 1. The molecule has 0 bridgehead atoms. The van der Waals surface area contributed by atoms with Gasteiger partial charge in [-0.1, -0.05) is 23.2 Å². The average molecular weight is 457 g/mol. The lowest BCUT2D eigenvalue weighted by atomic mass is 10.1. The number of nitrogens with zero attached hydrogens (tertiary/aromatic N) is 1. The van der Waals surface area contributed by atoms with Gasteiger partial charge in [0.05, 0.1) is 23.7 Å². The molecule has 1 fully saturated rings. The minimum absolute atomic E-state index is 0.0266. The molecule has 1 aliphatic rings. The third-order valence-corrected chi connectivity index (χ3v) is 4.89. The zero-order valence-electron chi connectivity index (χ0n) is 16.2. The summed E-state index contributed by atoms with van der Waals surface area (Å²) in [7, 11) is 1.47. The van der Waals surface area contributed by atoms with Crippen LogP contribution in [0, 0.1) is 0 Å². The van der Waals surface area contributed by atoms with E-state index in [1.165, 1.54) is 19.2 Å². The summed E-state index contributed by atoms with van der Waals surface area (Å²) < 4.78 is 11.4. The Morgan fingerprint density at radius 1 is 1.33 bits per heavy atom. The van der Waals surface area contributed by atoms with Crippen LogP contribution in [0.25, 0.3) is 0 Å². The average Bonchev–Trinajstić information content (AvgIpc) is 3.16. The predicted molar refractivity (Wildman–Crippen MR) is 111 cm³/mol. The van der Waals surface area contributed by atoms with E-state index in [1.54, 1.807) is 29.3 Å². The molecule has 0 unspecified atom stereocenters. The van der Waals surface area contributed by atoms with Crippen LogP contribution in [0.4, 0.5) is 0 Å². The Balaban J connectivity index is 1.50.